The van der Waals surface area contributed by atoms with Crippen LogP contribution in [0.15, 0.2) is 30.3 Å². The maximum absolute atomic E-state index is 11.8. The van der Waals surface area contributed by atoms with Crippen LogP contribution in [0.2, 0.25) is 0 Å². The number of rotatable bonds is 5. The molecule has 0 saturated carbocycles. The quantitative estimate of drug-likeness (QED) is 0.594. The predicted molar refractivity (Wildman–Crippen MR) is 69.1 cm³/mol. The van der Waals surface area contributed by atoms with Crippen molar-refractivity contribution < 1.29 is 14.3 Å². The van der Waals surface area contributed by atoms with Gasteiger partial charge in [-0.05, 0) is 24.8 Å². The van der Waals surface area contributed by atoms with Gasteiger partial charge in [0, 0.05) is 0 Å². The Morgan fingerprint density at radius 3 is 2.67 bits per heavy atom. The van der Waals surface area contributed by atoms with Crippen molar-refractivity contribution in [2.75, 3.05) is 6.61 Å². The van der Waals surface area contributed by atoms with E-state index in [9.17, 15) is 4.79 Å². The van der Waals surface area contributed by atoms with Gasteiger partial charge in [-0.3, -0.25) is 0 Å². The van der Waals surface area contributed by atoms with Crippen LogP contribution in [0.3, 0.4) is 0 Å². The summed E-state index contributed by atoms with van der Waals surface area (Å²) in [4.78, 5) is 11.8. The molecule has 0 spiro atoms. The molecule has 1 aromatic carbocycles. The van der Waals surface area contributed by atoms with Gasteiger partial charge in [0.05, 0.1) is 6.61 Å². The highest BCUT2D eigenvalue weighted by atomic mass is 16.7. The fourth-order valence-electron chi connectivity index (χ4n) is 1.94. The number of carbonyl (C=O) groups is 1. The summed E-state index contributed by atoms with van der Waals surface area (Å²) in [6, 6.07) is 9.79. The molecule has 0 amide bonds. The maximum Gasteiger partial charge on any atom is 0.338 e. The summed E-state index contributed by atoms with van der Waals surface area (Å²) < 4.78 is 10.8. The number of esters is 1. The maximum atomic E-state index is 11.8. The second-order valence-electron chi connectivity index (χ2n) is 5.32. The van der Waals surface area contributed by atoms with Crippen LogP contribution >= 0.6 is 0 Å². The molecule has 3 nitrogen and oxygen atoms in total. The fourth-order valence-corrected chi connectivity index (χ4v) is 1.94. The number of hydrogen-bond donors (Lipinski definition) is 0. The van der Waals surface area contributed by atoms with Gasteiger partial charge in [-0.15, -0.1) is 0 Å². The third-order valence-corrected chi connectivity index (χ3v) is 3.31. The van der Waals surface area contributed by atoms with E-state index in [4.69, 9.17) is 9.47 Å². The molecule has 1 heterocycles. The van der Waals surface area contributed by atoms with Crippen molar-refractivity contribution in [3.05, 3.63) is 35.9 Å². The topological polar surface area (TPSA) is 38.8 Å². The van der Waals surface area contributed by atoms with Crippen LogP contribution in [0, 0.1) is 5.92 Å². The van der Waals surface area contributed by atoms with Gasteiger partial charge in [0.1, 0.15) is 5.60 Å². The number of hydrogen-bond acceptors (Lipinski definition) is 3. The molecule has 2 rings (SSSR count). The third-order valence-electron chi connectivity index (χ3n) is 3.31. The molecule has 1 aliphatic rings. The van der Waals surface area contributed by atoms with E-state index >= 15 is 0 Å². The van der Waals surface area contributed by atoms with E-state index in [-0.39, 0.29) is 5.97 Å². The first kappa shape index (κ1) is 13.1. The summed E-state index contributed by atoms with van der Waals surface area (Å²) in [6.45, 7) is 6.61. The zero-order chi connectivity index (χ0) is 13.2. The zero-order valence-electron chi connectivity index (χ0n) is 11.2. The molecule has 0 radical (unpaired) electrons. The largest absolute Gasteiger partial charge is 0.464 e. The average Bonchev–Trinajstić information content (AvgIpc) is 3.04. The lowest BCUT2D eigenvalue weighted by atomic mass is 9.97. The Morgan fingerprint density at radius 1 is 1.39 bits per heavy atom. The van der Waals surface area contributed by atoms with Gasteiger partial charge in [-0.25, -0.2) is 4.79 Å². The number of benzene rings is 1. The minimum Gasteiger partial charge on any atom is -0.464 e. The molecule has 1 saturated heterocycles. The van der Waals surface area contributed by atoms with E-state index in [2.05, 4.69) is 13.8 Å². The van der Waals surface area contributed by atoms with E-state index in [0.29, 0.717) is 12.5 Å². The van der Waals surface area contributed by atoms with Crippen LogP contribution < -0.4 is 0 Å². The first-order valence-electron chi connectivity index (χ1n) is 6.44. The molecular formula is C15H20O3. The molecule has 2 atom stereocenters. The lowest BCUT2D eigenvalue weighted by Gasteiger charge is -2.08. The van der Waals surface area contributed by atoms with E-state index < -0.39 is 11.7 Å². The van der Waals surface area contributed by atoms with Crippen LogP contribution in [0.25, 0.3) is 0 Å². The Kier molecular flexibility index (Phi) is 3.71. The SMILES string of the molecule is CC(C)CCOC(=O)[C@@H]1O[C@@]1(C)c1ccccc1. The molecule has 1 aliphatic heterocycles. The van der Waals surface area contributed by atoms with E-state index in [1.807, 2.05) is 37.3 Å². The molecule has 0 aromatic heterocycles. The normalized spacial score (nSPS) is 26.1. The average molecular weight is 248 g/mol. The third kappa shape index (κ3) is 2.72. The Hall–Kier alpha value is -1.35. The lowest BCUT2D eigenvalue weighted by molar-refractivity contribution is -0.145. The van der Waals surface area contributed by atoms with Crippen molar-refractivity contribution in [2.45, 2.75) is 38.9 Å². The Bertz CT molecular complexity index is 413. The summed E-state index contributed by atoms with van der Waals surface area (Å²) in [5, 5.41) is 0. The van der Waals surface area contributed by atoms with Crippen molar-refractivity contribution in [1.82, 2.24) is 0 Å². The molecule has 0 N–H and O–H groups in total. The smallest absolute Gasteiger partial charge is 0.338 e. The minimum atomic E-state index is -0.504. The molecule has 1 fully saturated rings. The standard InChI is InChI=1S/C15H20O3/c1-11(2)9-10-17-14(16)13-15(3,18-13)12-7-5-4-6-8-12/h4-8,11,13H,9-10H2,1-3H3/t13-,15-/m0/s1. The van der Waals surface area contributed by atoms with Crippen LogP contribution in [0.4, 0.5) is 0 Å². The van der Waals surface area contributed by atoms with Gasteiger partial charge >= 0.3 is 5.97 Å². The van der Waals surface area contributed by atoms with Gasteiger partial charge in [0.25, 0.3) is 0 Å². The summed E-state index contributed by atoms with van der Waals surface area (Å²) in [7, 11) is 0. The van der Waals surface area contributed by atoms with Crippen molar-refractivity contribution in [3.63, 3.8) is 0 Å². The van der Waals surface area contributed by atoms with Crippen molar-refractivity contribution >= 4 is 5.97 Å². The summed E-state index contributed by atoms with van der Waals surface area (Å²) in [5.41, 5.74) is 0.520. The molecule has 1 aromatic rings. The number of ether oxygens (including phenoxy) is 2. The first-order chi connectivity index (χ1) is 8.54. The zero-order valence-corrected chi connectivity index (χ0v) is 11.2. The first-order valence-corrected chi connectivity index (χ1v) is 6.44. The highest BCUT2D eigenvalue weighted by Crippen LogP contribution is 2.46. The Morgan fingerprint density at radius 2 is 2.06 bits per heavy atom. The van der Waals surface area contributed by atoms with Gasteiger partial charge < -0.3 is 9.47 Å². The van der Waals surface area contributed by atoms with Crippen LogP contribution in [0.5, 0.6) is 0 Å². The van der Waals surface area contributed by atoms with E-state index in [1.54, 1.807) is 0 Å². The monoisotopic (exact) mass is 248 g/mol. The van der Waals surface area contributed by atoms with Gasteiger partial charge in [-0.2, -0.15) is 0 Å². The predicted octanol–water partition coefficient (Wildman–Crippen LogP) is 2.89. The second kappa shape index (κ2) is 5.11. The van der Waals surface area contributed by atoms with Crippen LogP contribution in [-0.4, -0.2) is 18.7 Å². The van der Waals surface area contributed by atoms with Crippen molar-refractivity contribution in [2.24, 2.45) is 5.92 Å². The summed E-state index contributed by atoms with van der Waals surface area (Å²) in [5.74, 6) is 0.292. The summed E-state index contributed by atoms with van der Waals surface area (Å²) >= 11 is 0. The van der Waals surface area contributed by atoms with Crippen LogP contribution in [-0.2, 0) is 19.9 Å². The van der Waals surface area contributed by atoms with Gasteiger partial charge in [-0.1, -0.05) is 44.2 Å². The highest BCUT2D eigenvalue weighted by molar-refractivity contribution is 5.79. The lowest BCUT2D eigenvalue weighted by Crippen LogP contribution is -2.19. The Labute approximate surface area is 108 Å². The van der Waals surface area contributed by atoms with Gasteiger partial charge in [0.15, 0.2) is 6.10 Å². The molecule has 18 heavy (non-hydrogen) atoms. The van der Waals surface area contributed by atoms with E-state index in [1.165, 1.54) is 0 Å². The number of epoxide rings is 1. The number of carbonyl (C=O) groups excluding carboxylic acids is 1. The van der Waals surface area contributed by atoms with Gasteiger partial charge in [0.2, 0.25) is 0 Å². The fraction of sp³-hybridized carbons (Fsp3) is 0.533. The van der Waals surface area contributed by atoms with E-state index in [0.717, 1.165) is 12.0 Å². The summed E-state index contributed by atoms with van der Waals surface area (Å²) in [6.07, 6.45) is 0.438. The molecule has 0 aliphatic carbocycles. The molecule has 0 bridgehead atoms. The second-order valence-corrected chi connectivity index (χ2v) is 5.32. The van der Waals surface area contributed by atoms with Crippen molar-refractivity contribution in [1.29, 1.82) is 0 Å². The highest BCUT2D eigenvalue weighted by Gasteiger charge is 2.59. The molecule has 98 valence electrons. The Balaban J connectivity index is 1.88. The van der Waals surface area contributed by atoms with Crippen LogP contribution in [0.1, 0.15) is 32.8 Å². The molecule has 0 unspecified atom stereocenters. The van der Waals surface area contributed by atoms with Crippen molar-refractivity contribution in [3.8, 4) is 0 Å². The minimum absolute atomic E-state index is 0.248. The molecular weight excluding hydrogens is 228 g/mol. The molecule has 3 heteroatoms.